The first-order chi connectivity index (χ1) is 12.6. The topological polar surface area (TPSA) is 78.4 Å². The number of fused-ring (bicyclic) bond motifs is 2. The molecule has 0 saturated heterocycles. The zero-order chi connectivity index (χ0) is 18.1. The fourth-order valence-corrected chi connectivity index (χ4v) is 2.76. The average Bonchev–Trinajstić information content (AvgIpc) is 3.07. The van der Waals surface area contributed by atoms with E-state index in [0.717, 1.165) is 22.1 Å². The molecule has 1 aromatic heterocycles. The number of non-ortho nitro benzene ring substituents is 1. The molecule has 4 rings (SSSR count). The quantitative estimate of drug-likeness (QED) is 0.381. The molecule has 26 heavy (non-hydrogen) atoms. The first kappa shape index (κ1) is 15.8. The van der Waals surface area contributed by atoms with Crippen LogP contribution in [0.5, 0.6) is 5.75 Å². The highest BCUT2D eigenvalue weighted by Gasteiger charge is 2.10. The monoisotopic (exact) mass is 346 g/mol. The molecule has 3 aromatic carbocycles. The number of hydrogen-bond donors (Lipinski definition) is 0. The number of rotatable bonds is 4. The highest BCUT2D eigenvalue weighted by atomic mass is 16.6. The lowest BCUT2D eigenvalue weighted by Gasteiger charge is -2.03. The lowest BCUT2D eigenvalue weighted by molar-refractivity contribution is -0.384. The smallest absolute Gasteiger partial charge is 0.271 e. The van der Waals surface area contributed by atoms with Crippen LogP contribution in [0.3, 0.4) is 0 Å². The van der Waals surface area contributed by atoms with Crippen LogP contribution in [0, 0.1) is 10.1 Å². The van der Waals surface area contributed by atoms with E-state index >= 15 is 0 Å². The lowest BCUT2D eigenvalue weighted by atomic mass is 10.1. The van der Waals surface area contributed by atoms with Crippen molar-refractivity contribution in [2.75, 3.05) is 7.11 Å². The molecule has 0 aliphatic carbocycles. The third kappa shape index (κ3) is 3.00. The van der Waals surface area contributed by atoms with Crippen LogP contribution in [0.15, 0.2) is 59.0 Å². The zero-order valence-electron chi connectivity index (χ0n) is 13.9. The number of ether oxygens (including phenoxy) is 1. The van der Waals surface area contributed by atoms with Crippen LogP contribution in [0.4, 0.5) is 5.69 Å². The maximum atomic E-state index is 10.8. The highest BCUT2D eigenvalue weighted by molar-refractivity contribution is 5.87. The van der Waals surface area contributed by atoms with Gasteiger partial charge in [-0.1, -0.05) is 18.2 Å². The summed E-state index contributed by atoms with van der Waals surface area (Å²) in [7, 11) is 1.65. The Labute approximate surface area is 148 Å². The minimum Gasteiger partial charge on any atom is -0.497 e. The predicted molar refractivity (Wildman–Crippen MR) is 100 cm³/mol. The van der Waals surface area contributed by atoms with E-state index in [4.69, 9.17) is 9.15 Å². The molecular formula is C20H14N2O4. The van der Waals surface area contributed by atoms with Crippen molar-refractivity contribution >= 4 is 39.7 Å². The van der Waals surface area contributed by atoms with Gasteiger partial charge in [0.15, 0.2) is 5.58 Å². The Morgan fingerprint density at radius 1 is 1.04 bits per heavy atom. The summed E-state index contributed by atoms with van der Waals surface area (Å²) in [6, 6.07) is 16.3. The molecule has 0 saturated carbocycles. The number of nitrogens with zero attached hydrogens (tertiary/aromatic N) is 2. The second-order valence-electron chi connectivity index (χ2n) is 5.77. The summed E-state index contributed by atoms with van der Waals surface area (Å²) < 4.78 is 10.8. The second-order valence-corrected chi connectivity index (χ2v) is 5.77. The lowest BCUT2D eigenvalue weighted by Crippen LogP contribution is -1.86. The molecule has 6 heteroatoms. The van der Waals surface area contributed by atoms with E-state index in [1.165, 1.54) is 12.1 Å². The van der Waals surface area contributed by atoms with Crippen LogP contribution in [-0.2, 0) is 0 Å². The van der Waals surface area contributed by atoms with Gasteiger partial charge in [0.1, 0.15) is 11.3 Å². The number of nitro benzene ring substituents is 1. The molecule has 4 aromatic rings. The molecule has 0 aliphatic heterocycles. The summed E-state index contributed by atoms with van der Waals surface area (Å²) in [5.74, 6) is 1.22. The van der Waals surface area contributed by atoms with Crippen molar-refractivity contribution in [3.05, 3.63) is 76.2 Å². The van der Waals surface area contributed by atoms with E-state index < -0.39 is 4.92 Å². The molecule has 128 valence electrons. The van der Waals surface area contributed by atoms with Crippen molar-refractivity contribution in [2.45, 2.75) is 0 Å². The van der Waals surface area contributed by atoms with Crippen molar-refractivity contribution in [2.24, 2.45) is 0 Å². The van der Waals surface area contributed by atoms with Crippen molar-refractivity contribution in [1.29, 1.82) is 0 Å². The van der Waals surface area contributed by atoms with Gasteiger partial charge < -0.3 is 9.15 Å². The van der Waals surface area contributed by atoms with Crippen molar-refractivity contribution in [3.63, 3.8) is 0 Å². The molecule has 0 fully saturated rings. The first-order valence-corrected chi connectivity index (χ1v) is 7.93. The Bertz CT molecular complexity index is 1160. The Morgan fingerprint density at radius 3 is 2.65 bits per heavy atom. The number of nitro groups is 1. The van der Waals surface area contributed by atoms with Crippen LogP contribution < -0.4 is 4.74 Å². The van der Waals surface area contributed by atoms with Crippen LogP contribution in [-0.4, -0.2) is 17.0 Å². The third-order valence-corrected chi connectivity index (χ3v) is 4.09. The van der Waals surface area contributed by atoms with E-state index in [1.54, 1.807) is 19.3 Å². The Hall–Kier alpha value is -3.67. The van der Waals surface area contributed by atoms with E-state index in [-0.39, 0.29) is 5.69 Å². The first-order valence-electron chi connectivity index (χ1n) is 7.93. The zero-order valence-corrected chi connectivity index (χ0v) is 13.9. The van der Waals surface area contributed by atoms with Crippen LogP contribution >= 0.6 is 0 Å². The van der Waals surface area contributed by atoms with Gasteiger partial charge in [0.2, 0.25) is 5.89 Å². The molecule has 0 radical (unpaired) electrons. The summed E-state index contributed by atoms with van der Waals surface area (Å²) in [5.41, 5.74) is 1.97. The van der Waals surface area contributed by atoms with Crippen molar-refractivity contribution < 1.29 is 14.1 Å². The van der Waals surface area contributed by atoms with Crippen molar-refractivity contribution in [3.8, 4) is 5.75 Å². The molecule has 0 amide bonds. The van der Waals surface area contributed by atoms with Gasteiger partial charge in [-0.15, -0.1) is 0 Å². The number of methoxy groups -OCH3 is 1. The normalized spacial score (nSPS) is 11.4. The summed E-state index contributed by atoms with van der Waals surface area (Å²) in [6.45, 7) is 0. The maximum Gasteiger partial charge on any atom is 0.271 e. The summed E-state index contributed by atoms with van der Waals surface area (Å²) in [4.78, 5) is 14.7. The molecule has 0 aliphatic rings. The Morgan fingerprint density at radius 2 is 1.85 bits per heavy atom. The van der Waals surface area contributed by atoms with E-state index in [0.29, 0.717) is 17.0 Å². The Kier molecular flexibility index (Phi) is 3.85. The van der Waals surface area contributed by atoms with Gasteiger partial charge in [0.25, 0.3) is 5.69 Å². The van der Waals surface area contributed by atoms with E-state index in [9.17, 15) is 10.1 Å². The highest BCUT2D eigenvalue weighted by Crippen LogP contribution is 2.24. The van der Waals surface area contributed by atoms with Gasteiger partial charge in [0, 0.05) is 18.2 Å². The average molecular weight is 346 g/mol. The largest absolute Gasteiger partial charge is 0.497 e. The second kappa shape index (κ2) is 6.33. The van der Waals surface area contributed by atoms with Crippen molar-refractivity contribution in [1.82, 2.24) is 4.98 Å². The number of benzene rings is 3. The molecule has 0 atom stereocenters. The van der Waals surface area contributed by atoms with Crippen LogP contribution in [0.2, 0.25) is 0 Å². The molecule has 0 spiro atoms. The van der Waals surface area contributed by atoms with Gasteiger partial charge in [-0.05, 0) is 46.7 Å². The molecule has 1 heterocycles. The minimum absolute atomic E-state index is 0.00807. The molecule has 6 nitrogen and oxygen atoms in total. The van der Waals surface area contributed by atoms with E-state index in [1.807, 2.05) is 36.4 Å². The summed E-state index contributed by atoms with van der Waals surface area (Å²) in [6.07, 6.45) is 3.64. The van der Waals surface area contributed by atoms with Gasteiger partial charge >= 0.3 is 0 Å². The van der Waals surface area contributed by atoms with Gasteiger partial charge in [0.05, 0.1) is 12.0 Å². The SMILES string of the molecule is COc1ccc2cc(/C=C/c3nc4cc([N+](=O)[O-])ccc4o3)ccc2c1. The standard InChI is InChI=1S/C20H14N2O4/c1-25-17-7-5-14-10-13(2-4-15(14)11-17)3-9-20-21-18-12-16(22(23)24)6-8-19(18)26-20/h2-12H,1H3/b9-3+. The summed E-state index contributed by atoms with van der Waals surface area (Å²) >= 11 is 0. The molecule has 0 unspecified atom stereocenters. The summed E-state index contributed by atoms with van der Waals surface area (Å²) in [5, 5.41) is 13.0. The minimum atomic E-state index is -0.451. The molecule has 0 bridgehead atoms. The molecular weight excluding hydrogens is 332 g/mol. The van der Waals surface area contributed by atoms with Crippen LogP contribution in [0.25, 0.3) is 34.0 Å². The number of oxazole rings is 1. The van der Waals surface area contributed by atoms with Gasteiger partial charge in [-0.2, -0.15) is 0 Å². The fourth-order valence-electron chi connectivity index (χ4n) is 2.76. The third-order valence-electron chi connectivity index (χ3n) is 4.09. The predicted octanol–water partition coefficient (Wildman–Crippen LogP) is 5.07. The van der Waals surface area contributed by atoms with Crippen LogP contribution in [0.1, 0.15) is 11.5 Å². The fraction of sp³-hybridized carbons (Fsp3) is 0.0500. The van der Waals surface area contributed by atoms with Gasteiger partial charge in [-0.3, -0.25) is 10.1 Å². The number of hydrogen-bond acceptors (Lipinski definition) is 5. The Balaban J connectivity index is 1.63. The van der Waals surface area contributed by atoms with Gasteiger partial charge in [-0.25, -0.2) is 4.98 Å². The maximum absolute atomic E-state index is 10.8. The number of aromatic nitrogens is 1. The van der Waals surface area contributed by atoms with E-state index in [2.05, 4.69) is 11.1 Å². The molecule has 0 N–H and O–H groups in total.